The zero-order valence-corrected chi connectivity index (χ0v) is 18.7. The Bertz CT molecular complexity index is 1240. The molecule has 0 aliphatic carbocycles. The third-order valence-electron chi connectivity index (χ3n) is 4.09. The Balaban J connectivity index is 1.93. The van der Waals surface area contributed by atoms with Crippen molar-refractivity contribution in [3.8, 4) is 0 Å². The Morgan fingerprint density at radius 3 is 2.19 bits per heavy atom. The Hall–Kier alpha value is -3.13. The van der Waals surface area contributed by atoms with E-state index in [9.17, 15) is 31.2 Å². The number of ketones is 1. The lowest BCUT2D eigenvalue weighted by atomic mass is 10.2. The highest BCUT2D eigenvalue weighted by Gasteiger charge is 2.21. The predicted octanol–water partition coefficient (Wildman–Crippen LogP) is 0.385. The number of Topliss-reactive ketones (excluding diaryl/α,β-unsaturated/α-hetero) is 1. The van der Waals surface area contributed by atoms with Crippen LogP contribution in [0.2, 0.25) is 0 Å². The van der Waals surface area contributed by atoms with Gasteiger partial charge in [0.1, 0.15) is 6.54 Å². The van der Waals surface area contributed by atoms with E-state index in [4.69, 9.17) is 9.88 Å². The summed E-state index contributed by atoms with van der Waals surface area (Å²) in [7, 11) is -8.02. The summed E-state index contributed by atoms with van der Waals surface area (Å²) in [5.41, 5.74) is 0.442. The smallest absolute Gasteiger partial charge is 0.321 e. The lowest BCUT2D eigenvalue weighted by Crippen LogP contribution is -2.35. The molecule has 0 bridgehead atoms. The molecule has 1 unspecified atom stereocenters. The fourth-order valence-electron chi connectivity index (χ4n) is 2.39. The molecule has 2 aromatic carbocycles. The molecule has 0 spiro atoms. The van der Waals surface area contributed by atoms with Crippen molar-refractivity contribution in [1.29, 1.82) is 0 Å². The van der Waals surface area contributed by atoms with E-state index in [1.54, 1.807) is 0 Å². The first-order valence-electron chi connectivity index (χ1n) is 9.03. The summed E-state index contributed by atoms with van der Waals surface area (Å²) in [5, 5.41) is 7.40. The lowest BCUT2D eigenvalue weighted by Gasteiger charge is -2.14. The number of nitrogens with two attached hydrogens (primary N) is 1. The lowest BCUT2D eigenvalue weighted by molar-refractivity contribution is -0.151. The van der Waals surface area contributed by atoms with Crippen LogP contribution < -0.4 is 15.2 Å². The van der Waals surface area contributed by atoms with E-state index in [0.717, 1.165) is 6.07 Å². The van der Waals surface area contributed by atoms with E-state index in [-0.39, 0.29) is 21.3 Å². The van der Waals surface area contributed by atoms with Gasteiger partial charge < -0.3 is 10.1 Å². The molecule has 11 nitrogen and oxygen atoms in total. The minimum absolute atomic E-state index is 0.110. The van der Waals surface area contributed by atoms with Gasteiger partial charge in [0.05, 0.1) is 9.79 Å². The maximum absolute atomic E-state index is 12.2. The van der Waals surface area contributed by atoms with Crippen LogP contribution in [0.25, 0.3) is 0 Å². The van der Waals surface area contributed by atoms with Crippen molar-refractivity contribution < 1.29 is 36.0 Å². The third kappa shape index (κ3) is 6.95. The molecule has 2 aromatic rings. The molecule has 0 saturated heterocycles. The number of benzene rings is 2. The molecule has 4 N–H and O–H groups in total. The van der Waals surface area contributed by atoms with Gasteiger partial charge in [-0.1, -0.05) is 18.2 Å². The van der Waals surface area contributed by atoms with Crippen LogP contribution in [0.4, 0.5) is 5.69 Å². The van der Waals surface area contributed by atoms with E-state index in [2.05, 4.69) is 5.32 Å². The number of carbonyl (C=O) groups excluding carboxylic acids is 3. The van der Waals surface area contributed by atoms with Gasteiger partial charge in [0.25, 0.3) is 5.91 Å². The van der Waals surface area contributed by atoms with Crippen LogP contribution in [-0.2, 0) is 34.4 Å². The van der Waals surface area contributed by atoms with E-state index in [1.165, 1.54) is 56.3 Å². The van der Waals surface area contributed by atoms with Crippen LogP contribution in [0.5, 0.6) is 0 Å². The Labute approximate surface area is 185 Å². The standard InChI is InChI=1S/C19H21N3O8S2/c1-12(23)14-6-8-16(9-7-14)32(28,29)21-11-18(24)30-13(2)19(25)22-15-4-3-5-17(10-15)31(20,26)27/h3-10,13,21H,11H2,1-2H3,(H,22,25)(H2,20,26,27). The van der Waals surface area contributed by atoms with Gasteiger partial charge in [-0.15, -0.1) is 0 Å². The molecule has 0 aromatic heterocycles. The number of hydrogen-bond acceptors (Lipinski definition) is 8. The molecular formula is C19H21N3O8S2. The van der Waals surface area contributed by atoms with Crippen molar-refractivity contribution in [1.82, 2.24) is 4.72 Å². The van der Waals surface area contributed by atoms with Crippen LogP contribution in [0.15, 0.2) is 58.3 Å². The van der Waals surface area contributed by atoms with E-state index in [1.807, 2.05) is 4.72 Å². The SMILES string of the molecule is CC(=O)c1ccc(S(=O)(=O)NCC(=O)OC(C)C(=O)Nc2cccc(S(N)(=O)=O)c2)cc1. The Morgan fingerprint density at radius 1 is 1.00 bits per heavy atom. The Morgan fingerprint density at radius 2 is 1.62 bits per heavy atom. The molecule has 0 heterocycles. The van der Waals surface area contributed by atoms with Crippen molar-refractivity contribution in [2.24, 2.45) is 5.14 Å². The first-order chi connectivity index (χ1) is 14.8. The minimum Gasteiger partial charge on any atom is -0.452 e. The second-order valence-electron chi connectivity index (χ2n) is 6.60. The molecule has 1 amide bonds. The van der Waals surface area contributed by atoms with Crippen molar-refractivity contribution in [2.75, 3.05) is 11.9 Å². The van der Waals surface area contributed by atoms with Crippen LogP contribution in [0.3, 0.4) is 0 Å². The van der Waals surface area contributed by atoms with Crippen molar-refractivity contribution in [3.63, 3.8) is 0 Å². The van der Waals surface area contributed by atoms with Gasteiger partial charge in [-0.25, -0.2) is 22.0 Å². The second kappa shape index (κ2) is 9.99. The number of hydrogen-bond donors (Lipinski definition) is 3. The maximum atomic E-state index is 12.2. The molecule has 2 rings (SSSR count). The van der Waals surface area contributed by atoms with Crippen LogP contribution in [0, 0.1) is 0 Å². The number of primary sulfonamides is 1. The number of amides is 1. The summed E-state index contributed by atoms with van der Waals surface area (Å²) >= 11 is 0. The van der Waals surface area contributed by atoms with Gasteiger partial charge in [0.2, 0.25) is 20.0 Å². The van der Waals surface area contributed by atoms with Crippen molar-refractivity contribution >= 4 is 43.4 Å². The number of rotatable bonds is 9. The summed E-state index contributed by atoms with van der Waals surface area (Å²) in [5.74, 6) is -2.02. The monoisotopic (exact) mass is 483 g/mol. The number of esters is 1. The number of nitrogens with one attached hydrogen (secondary N) is 2. The average molecular weight is 484 g/mol. The van der Waals surface area contributed by atoms with Gasteiger partial charge >= 0.3 is 5.97 Å². The quantitative estimate of drug-likeness (QED) is 0.338. The van der Waals surface area contributed by atoms with Crippen molar-refractivity contribution in [3.05, 3.63) is 54.1 Å². The van der Waals surface area contributed by atoms with Crippen LogP contribution in [-0.4, -0.2) is 47.1 Å². The van der Waals surface area contributed by atoms with E-state index in [0.29, 0.717) is 5.56 Å². The maximum Gasteiger partial charge on any atom is 0.321 e. The fourth-order valence-corrected chi connectivity index (χ4v) is 3.92. The van der Waals surface area contributed by atoms with Gasteiger partial charge in [0.15, 0.2) is 11.9 Å². The first-order valence-corrected chi connectivity index (χ1v) is 12.1. The highest BCUT2D eigenvalue weighted by Crippen LogP contribution is 2.15. The molecular weight excluding hydrogens is 462 g/mol. The van der Waals surface area contributed by atoms with Gasteiger partial charge in [0, 0.05) is 11.3 Å². The van der Waals surface area contributed by atoms with Crippen LogP contribution in [0.1, 0.15) is 24.2 Å². The second-order valence-corrected chi connectivity index (χ2v) is 9.93. The molecule has 0 aliphatic heterocycles. The Kier molecular flexibility index (Phi) is 7.85. The highest BCUT2D eigenvalue weighted by atomic mass is 32.2. The summed E-state index contributed by atoms with van der Waals surface area (Å²) in [6.07, 6.45) is -1.31. The number of anilines is 1. The summed E-state index contributed by atoms with van der Waals surface area (Å²) in [6, 6.07) is 10.3. The molecule has 172 valence electrons. The average Bonchev–Trinajstić information content (AvgIpc) is 2.72. The third-order valence-corrected chi connectivity index (χ3v) is 6.41. The molecule has 1 atom stereocenters. The van der Waals surface area contributed by atoms with Gasteiger partial charge in [-0.05, 0) is 44.2 Å². The molecule has 0 fully saturated rings. The largest absolute Gasteiger partial charge is 0.452 e. The van der Waals surface area contributed by atoms with Gasteiger partial charge in [-0.3, -0.25) is 14.4 Å². The molecule has 0 saturated carbocycles. The minimum atomic E-state index is -4.05. The molecule has 0 aliphatic rings. The normalized spacial score (nSPS) is 12.6. The zero-order valence-electron chi connectivity index (χ0n) is 17.1. The predicted molar refractivity (Wildman–Crippen MR) is 114 cm³/mol. The summed E-state index contributed by atoms with van der Waals surface area (Å²) in [6.45, 7) is 1.85. The van der Waals surface area contributed by atoms with Crippen LogP contribution >= 0.6 is 0 Å². The van der Waals surface area contributed by atoms with Crippen molar-refractivity contribution in [2.45, 2.75) is 29.7 Å². The van der Waals surface area contributed by atoms with E-state index >= 15 is 0 Å². The first kappa shape index (κ1) is 25.1. The van der Waals surface area contributed by atoms with E-state index < -0.39 is 44.6 Å². The number of carbonyl (C=O) groups is 3. The number of sulfonamides is 2. The molecule has 32 heavy (non-hydrogen) atoms. The molecule has 0 radical (unpaired) electrons. The fraction of sp³-hybridized carbons (Fsp3) is 0.211. The summed E-state index contributed by atoms with van der Waals surface area (Å²) < 4.78 is 54.2. The molecule has 13 heteroatoms. The van der Waals surface area contributed by atoms with Gasteiger partial charge in [-0.2, -0.15) is 4.72 Å². The topological polar surface area (TPSA) is 179 Å². The zero-order chi connectivity index (χ0) is 24.1. The highest BCUT2D eigenvalue weighted by molar-refractivity contribution is 7.89. The number of ether oxygens (including phenoxy) is 1. The summed E-state index contributed by atoms with van der Waals surface area (Å²) in [4.78, 5) is 35.0.